The Hall–Kier alpha value is -1.76. The summed E-state index contributed by atoms with van der Waals surface area (Å²) in [4.78, 5) is 22.4. The Balaban J connectivity index is 2.59. The Morgan fingerprint density at radius 1 is 1.33 bits per heavy atom. The third kappa shape index (κ3) is 5.63. The zero-order valence-electron chi connectivity index (χ0n) is 12.3. The van der Waals surface area contributed by atoms with E-state index in [1.807, 2.05) is 11.8 Å². The predicted octanol–water partition coefficient (Wildman–Crippen LogP) is 2.90. The fraction of sp³-hybridized carbons (Fsp3) is 0.500. The molecular formula is C14H21N3O3S. The molecule has 2 N–H and O–H groups in total. The lowest BCUT2D eigenvalue weighted by molar-refractivity contribution is -0.384. The Morgan fingerprint density at radius 3 is 2.71 bits per heavy atom. The SMILES string of the molecule is CNc1ccc([N+](=O)[O-])cc1C(=O)NCCCCCSC. The van der Waals surface area contributed by atoms with E-state index in [9.17, 15) is 14.9 Å². The van der Waals surface area contributed by atoms with Crippen molar-refractivity contribution in [3.63, 3.8) is 0 Å². The summed E-state index contributed by atoms with van der Waals surface area (Å²) in [5.74, 6) is 0.843. The van der Waals surface area contributed by atoms with Gasteiger partial charge in [-0.15, -0.1) is 0 Å². The van der Waals surface area contributed by atoms with Crippen molar-refractivity contribution in [1.82, 2.24) is 5.32 Å². The first kappa shape index (κ1) is 17.3. The number of nitrogens with zero attached hydrogens (tertiary/aromatic N) is 1. The van der Waals surface area contributed by atoms with Crippen LogP contribution in [0.25, 0.3) is 0 Å². The van der Waals surface area contributed by atoms with E-state index in [2.05, 4.69) is 16.9 Å². The number of amides is 1. The molecule has 1 amide bonds. The second-order valence-corrected chi connectivity index (χ2v) is 5.53. The molecule has 1 aromatic rings. The minimum atomic E-state index is -0.501. The number of benzene rings is 1. The lowest BCUT2D eigenvalue weighted by Gasteiger charge is -2.09. The van der Waals surface area contributed by atoms with Crippen molar-refractivity contribution in [2.75, 3.05) is 30.9 Å². The van der Waals surface area contributed by atoms with Crippen LogP contribution < -0.4 is 10.6 Å². The molecule has 0 saturated heterocycles. The first-order valence-corrected chi connectivity index (χ1v) is 8.23. The van der Waals surface area contributed by atoms with E-state index in [1.54, 1.807) is 13.1 Å². The highest BCUT2D eigenvalue weighted by molar-refractivity contribution is 7.98. The van der Waals surface area contributed by atoms with Gasteiger partial charge in [0.05, 0.1) is 10.5 Å². The van der Waals surface area contributed by atoms with Crippen LogP contribution in [0.2, 0.25) is 0 Å². The van der Waals surface area contributed by atoms with Crippen LogP contribution in [0.3, 0.4) is 0 Å². The maximum Gasteiger partial charge on any atom is 0.270 e. The molecule has 7 heteroatoms. The molecule has 116 valence electrons. The van der Waals surface area contributed by atoms with Crippen molar-refractivity contribution in [1.29, 1.82) is 0 Å². The van der Waals surface area contributed by atoms with Crippen LogP contribution in [0.15, 0.2) is 18.2 Å². The maximum absolute atomic E-state index is 12.1. The highest BCUT2D eigenvalue weighted by Crippen LogP contribution is 2.21. The summed E-state index contributed by atoms with van der Waals surface area (Å²) in [6.07, 6.45) is 5.18. The van der Waals surface area contributed by atoms with Crippen LogP contribution in [-0.4, -0.2) is 36.4 Å². The molecule has 0 aliphatic rings. The number of nitro benzene ring substituents is 1. The molecule has 6 nitrogen and oxygen atoms in total. The fourth-order valence-corrected chi connectivity index (χ4v) is 2.39. The quantitative estimate of drug-likeness (QED) is 0.416. The smallest absolute Gasteiger partial charge is 0.270 e. The topological polar surface area (TPSA) is 84.3 Å². The van der Waals surface area contributed by atoms with Gasteiger partial charge in [-0.1, -0.05) is 6.42 Å². The Bertz CT molecular complexity index is 494. The second-order valence-electron chi connectivity index (χ2n) is 4.55. The molecule has 1 rings (SSSR count). The standard InChI is InChI=1S/C14H21N3O3S/c1-15-13-7-6-11(17(19)20)10-12(13)14(18)16-8-4-3-5-9-21-2/h6-7,10,15H,3-5,8-9H2,1-2H3,(H,16,18). The number of nitro groups is 1. The predicted molar refractivity (Wildman–Crippen MR) is 87.2 cm³/mol. The minimum absolute atomic E-state index is 0.0841. The number of nitrogens with one attached hydrogen (secondary N) is 2. The fourth-order valence-electron chi connectivity index (χ4n) is 1.90. The molecule has 0 atom stereocenters. The van der Waals surface area contributed by atoms with Gasteiger partial charge in [-0.3, -0.25) is 14.9 Å². The van der Waals surface area contributed by atoms with E-state index in [1.165, 1.54) is 12.1 Å². The highest BCUT2D eigenvalue weighted by atomic mass is 32.2. The summed E-state index contributed by atoms with van der Waals surface area (Å²) in [7, 11) is 1.68. The zero-order chi connectivity index (χ0) is 15.7. The molecule has 0 unspecified atom stereocenters. The van der Waals surface area contributed by atoms with E-state index in [0.29, 0.717) is 17.8 Å². The van der Waals surface area contributed by atoms with Crippen molar-refractivity contribution in [3.05, 3.63) is 33.9 Å². The lowest BCUT2D eigenvalue weighted by Crippen LogP contribution is -2.25. The number of unbranched alkanes of at least 4 members (excludes halogenated alkanes) is 2. The van der Waals surface area contributed by atoms with E-state index in [-0.39, 0.29) is 11.6 Å². The summed E-state index contributed by atoms with van der Waals surface area (Å²) >= 11 is 1.81. The normalized spacial score (nSPS) is 10.2. The molecule has 0 spiro atoms. The molecule has 1 aromatic carbocycles. The van der Waals surface area contributed by atoms with Crippen LogP contribution in [0.4, 0.5) is 11.4 Å². The average molecular weight is 311 g/mol. The molecule has 0 radical (unpaired) electrons. The number of rotatable bonds is 9. The molecule has 21 heavy (non-hydrogen) atoms. The van der Waals surface area contributed by atoms with E-state index < -0.39 is 4.92 Å². The minimum Gasteiger partial charge on any atom is -0.387 e. The first-order valence-electron chi connectivity index (χ1n) is 6.83. The average Bonchev–Trinajstić information content (AvgIpc) is 2.49. The van der Waals surface area contributed by atoms with Crippen molar-refractivity contribution in [3.8, 4) is 0 Å². The molecular weight excluding hydrogens is 290 g/mol. The summed E-state index contributed by atoms with van der Waals surface area (Å²) in [6, 6.07) is 4.23. The summed E-state index contributed by atoms with van der Waals surface area (Å²) < 4.78 is 0. The van der Waals surface area contributed by atoms with Crippen molar-refractivity contribution in [2.45, 2.75) is 19.3 Å². The van der Waals surface area contributed by atoms with Crippen molar-refractivity contribution < 1.29 is 9.72 Å². The van der Waals surface area contributed by atoms with Crippen molar-refractivity contribution in [2.24, 2.45) is 0 Å². The van der Waals surface area contributed by atoms with Crippen LogP contribution in [-0.2, 0) is 0 Å². The molecule has 0 aliphatic heterocycles. The van der Waals surface area contributed by atoms with Crippen LogP contribution in [0.5, 0.6) is 0 Å². The zero-order valence-corrected chi connectivity index (χ0v) is 13.2. The molecule has 0 aliphatic carbocycles. The van der Waals surface area contributed by atoms with Gasteiger partial charge in [-0.25, -0.2) is 0 Å². The van der Waals surface area contributed by atoms with Gasteiger partial charge in [0, 0.05) is 31.4 Å². The van der Waals surface area contributed by atoms with Gasteiger partial charge >= 0.3 is 0 Å². The van der Waals surface area contributed by atoms with Crippen LogP contribution in [0, 0.1) is 10.1 Å². The summed E-state index contributed by atoms with van der Waals surface area (Å²) in [5.41, 5.74) is 0.801. The Kier molecular flexibility index (Phi) is 7.60. The molecule has 0 heterocycles. The van der Waals surface area contributed by atoms with Gasteiger partial charge in [0.15, 0.2) is 0 Å². The van der Waals surface area contributed by atoms with Crippen molar-refractivity contribution >= 4 is 29.0 Å². The van der Waals surface area contributed by atoms with Crippen LogP contribution >= 0.6 is 11.8 Å². The monoisotopic (exact) mass is 311 g/mol. The third-order valence-corrected chi connectivity index (χ3v) is 3.74. The van der Waals surface area contributed by atoms with Gasteiger partial charge in [-0.2, -0.15) is 11.8 Å². The number of anilines is 1. The number of thioether (sulfide) groups is 1. The van der Waals surface area contributed by atoms with E-state index >= 15 is 0 Å². The van der Waals surface area contributed by atoms with Crippen LogP contribution in [0.1, 0.15) is 29.6 Å². The number of non-ortho nitro benzene ring substituents is 1. The number of hydrogen-bond donors (Lipinski definition) is 2. The largest absolute Gasteiger partial charge is 0.387 e. The molecule has 0 bridgehead atoms. The number of carbonyl (C=O) groups excluding carboxylic acids is 1. The summed E-state index contributed by atoms with van der Waals surface area (Å²) in [5, 5.41) is 16.5. The summed E-state index contributed by atoms with van der Waals surface area (Å²) in [6.45, 7) is 0.582. The second kappa shape index (κ2) is 9.23. The first-order chi connectivity index (χ1) is 10.1. The van der Waals surface area contributed by atoms with Gasteiger partial charge in [0.1, 0.15) is 0 Å². The molecule has 0 saturated carbocycles. The molecule has 0 aromatic heterocycles. The Morgan fingerprint density at radius 2 is 2.10 bits per heavy atom. The van der Waals surface area contributed by atoms with Gasteiger partial charge in [-0.05, 0) is 30.9 Å². The molecule has 0 fully saturated rings. The Labute approximate surface area is 128 Å². The van der Waals surface area contributed by atoms with Gasteiger partial charge in [0.2, 0.25) is 0 Å². The number of hydrogen-bond acceptors (Lipinski definition) is 5. The number of carbonyl (C=O) groups is 1. The maximum atomic E-state index is 12.1. The lowest BCUT2D eigenvalue weighted by atomic mass is 10.1. The third-order valence-electron chi connectivity index (χ3n) is 3.04. The highest BCUT2D eigenvalue weighted by Gasteiger charge is 2.15. The van der Waals surface area contributed by atoms with E-state index in [4.69, 9.17) is 0 Å². The van der Waals surface area contributed by atoms with Gasteiger partial charge in [0.25, 0.3) is 11.6 Å². The van der Waals surface area contributed by atoms with Gasteiger partial charge < -0.3 is 10.6 Å². The van der Waals surface area contributed by atoms with E-state index in [0.717, 1.165) is 25.0 Å².